The zero-order valence-electron chi connectivity index (χ0n) is 21.1. The van der Waals surface area contributed by atoms with Crippen molar-refractivity contribution in [3.63, 3.8) is 0 Å². The molecule has 0 saturated heterocycles. The van der Waals surface area contributed by atoms with Crippen molar-refractivity contribution in [1.29, 1.82) is 0 Å². The van der Waals surface area contributed by atoms with Gasteiger partial charge in [-0.3, -0.25) is 0 Å². The summed E-state index contributed by atoms with van der Waals surface area (Å²) in [5.41, 5.74) is 2.69. The molecule has 3 aromatic rings. The molecule has 1 aromatic carbocycles. The molecule has 0 unspecified atom stereocenters. The summed E-state index contributed by atoms with van der Waals surface area (Å²) in [7, 11) is 0.224. The Morgan fingerprint density at radius 1 is 1.06 bits per heavy atom. The lowest BCUT2D eigenvalue weighted by molar-refractivity contribution is 0.0600. The number of sulfonamides is 1. The molecule has 0 saturated carbocycles. The van der Waals surface area contributed by atoms with Gasteiger partial charge in [0.05, 0.1) is 32.5 Å². The number of aromatic nitrogens is 1. The van der Waals surface area contributed by atoms with Gasteiger partial charge in [0.25, 0.3) is 10.0 Å². The first-order valence-corrected chi connectivity index (χ1v) is 13.2. The molecule has 0 atom stereocenters. The summed E-state index contributed by atoms with van der Waals surface area (Å²) in [6.07, 6.45) is 0. The summed E-state index contributed by atoms with van der Waals surface area (Å²) in [5, 5.41) is 4.00. The number of methoxy groups -OCH3 is 3. The van der Waals surface area contributed by atoms with Gasteiger partial charge in [-0.1, -0.05) is 11.2 Å². The fourth-order valence-corrected chi connectivity index (χ4v) is 6.61. The monoisotopic (exact) mass is 538 g/mol. The third-order valence-corrected chi connectivity index (χ3v) is 8.75. The predicted molar refractivity (Wildman–Crippen MR) is 135 cm³/mol. The van der Waals surface area contributed by atoms with Crippen molar-refractivity contribution in [3.05, 3.63) is 51.6 Å². The molecule has 2 heterocycles. The van der Waals surface area contributed by atoms with E-state index >= 15 is 0 Å². The van der Waals surface area contributed by atoms with Crippen molar-refractivity contribution in [2.75, 3.05) is 45.6 Å². The quantitative estimate of drug-likeness (QED) is 0.191. The number of carbonyl (C=O) groups is 1. The van der Waals surface area contributed by atoms with E-state index in [0.717, 1.165) is 20.5 Å². The van der Waals surface area contributed by atoms with Gasteiger partial charge >= 0.3 is 5.97 Å². The van der Waals surface area contributed by atoms with E-state index in [1.54, 1.807) is 38.1 Å². The van der Waals surface area contributed by atoms with Crippen LogP contribution in [0.3, 0.4) is 0 Å². The topological polar surface area (TPSA) is 117 Å². The highest BCUT2D eigenvalue weighted by Gasteiger charge is 2.34. The Labute approximate surface area is 214 Å². The Balaban J connectivity index is 2.14. The summed E-state index contributed by atoms with van der Waals surface area (Å²) in [6.45, 7) is 5.67. The number of ether oxygens (including phenoxy) is 4. The summed E-state index contributed by atoms with van der Waals surface area (Å²) in [6, 6.07) is 6.74. The summed E-state index contributed by atoms with van der Waals surface area (Å²) in [4.78, 5) is 12.9. The summed E-state index contributed by atoms with van der Waals surface area (Å²) >= 11 is 1.14. The highest BCUT2D eigenvalue weighted by molar-refractivity contribution is 7.95. The minimum atomic E-state index is -4.14. The van der Waals surface area contributed by atoms with Gasteiger partial charge in [-0.05, 0) is 50.1 Å². The number of aryl methyl sites for hydroxylation is 2. The van der Waals surface area contributed by atoms with Gasteiger partial charge in [-0.25, -0.2) is 17.5 Å². The van der Waals surface area contributed by atoms with Crippen LogP contribution in [0, 0.1) is 20.8 Å². The second kappa shape index (κ2) is 12.0. The molecule has 0 aliphatic rings. The van der Waals surface area contributed by atoms with Gasteiger partial charge in [-0.2, -0.15) is 0 Å². The van der Waals surface area contributed by atoms with E-state index in [1.165, 1.54) is 21.3 Å². The lowest BCUT2D eigenvalue weighted by atomic mass is 9.99. The third kappa shape index (κ3) is 5.79. The van der Waals surface area contributed by atoms with Gasteiger partial charge in [0.1, 0.15) is 16.7 Å². The van der Waals surface area contributed by atoms with Crippen molar-refractivity contribution in [3.8, 4) is 11.1 Å². The Bertz CT molecular complexity index is 1310. The zero-order chi connectivity index (χ0) is 26.5. The van der Waals surface area contributed by atoms with Gasteiger partial charge < -0.3 is 23.5 Å². The minimum Gasteiger partial charge on any atom is -0.465 e. The normalized spacial score (nSPS) is 11.6. The summed E-state index contributed by atoms with van der Waals surface area (Å²) in [5.74, 6) is 0.162. The number of rotatable bonds is 12. The lowest BCUT2D eigenvalue weighted by Crippen LogP contribution is -2.34. The number of nitrogens with zero attached hydrogens (tertiary/aromatic N) is 2. The maximum atomic E-state index is 14.1. The maximum Gasteiger partial charge on any atom is 0.337 e. The molecule has 0 aliphatic carbocycles. The first-order chi connectivity index (χ1) is 17.1. The van der Waals surface area contributed by atoms with E-state index in [0.29, 0.717) is 40.2 Å². The molecule has 3 rings (SSSR count). The number of hydrogen-bond acceptors (Lipinski definition) is 10. The van der Waals surface area contributed by atoms with E-state index < -0.39 is 16.0 Å². The molecule has 0 spiro atoms. The first-order valence-electron chi connectivity index (χ1n) is 11.0. The van der Waals surface area contributed by atoms with Crippen LogP contribution in [-0.4, -0.2) is 60.8 Å². The average Bonchev–Trinajstić information content (AvgIpc) is 3.41. The van der Waals surface area contributed by atoms with E-state index in [-0.39, 0.29) is 30.0 Å². The predicted octanol–water partition coefficient (Wildman–Crippen LogP) is 4.08. The van der Waals surface area contributed by atoms with E-state index in [4.69, 9.17) is 23.5 Å². The molecule has 12 heteroatoms. The number of carbonyl (C=O) groups excluding carboxylic acids is 1. The molecule has 0 N–H and O–H groups in total. The van der Waals surface area contributed by atoms with E-state index in [9.17, 15) is 13.2 Å². The fraction of sp³-hybridized carbons (Fsp3) is 0.417. The number of thiophene rings is 1. The molecule has 2 aromatic heterocycles. The van der Waals surface area contributed by atoms with Crippen LogP contribution in [0.5, 0.6) is 0 Å². The Morgan fingerprint density at radius 3 is 2.42 bits per heavy atom. The molecule has 196 valence electrons. The minimum absolute atomic E-state index is 0.110. The van der Waals surface area contributed by atoms with Crippen molar-refractivity contribution in [2.45, 2.75) is 31.6 Å². The number of esters is 1. The Hall–Kier alpha value is -2.77. The number of benzene rings is 1. The van der Waals surface area contributed by atoms with Crippen molar-refractivity contribution in [1.82, 2.24) is 5.16 Å². The molecular weight excluding hydrogens is 508 g/mol. The van der Waals surface area contributed by atoms with E-state index in [1.807, 2.05) is 6.92 Å². The van der Waals surface area contributed by atoms with Gasteiger partial charge in [0.15, 0.2) is 5.82 Å². The molecule has 0 amide bonds. The molecule has 10 nitrogen and oxygen atoms in total. The van der Waals surface area contributed by atoms with Crippen molar-refractivity contribution in [2.24, 2.45) is 0 Å². The van der Waals surface area contributed by atoms with Gasteiger partial charge in [0.2, 0.25) is 0 Å². The second-order valence-electron chi connectivity index (χ2n) is 7.93. The van der Waals surface area contributed by atoms with Gasteiger partial charge in [0, 0.05) is 30.2 Å². The summed E-state index contributed by atoms with van der Waals surface area (Å²) < 4.78 is 55.4. The molecule has 0 radical (unpaired) electrons. The van der Waals surface area contributed by atoms with Crippen LogP contribution in [0.1, 0.15) is 32.1 Å². The molecule has 0 fully saturated rings. The molecule has 36 heavy (non-hydrogen) atoms. The van der Waals surface area contributed by atoms with Crippen LogP contribution < -0.4 is 4.31 Å². The van der Waals surface area contributed by atoms with Crippen LogP contribution in [0.4, 0.5) is 5.82 Å². The lowest BCUT2D eigenvalue weighted by Gasteiger charge is -2.22. The maximum absolute atomic E-state index is 14.1. The number of hydrogen-bond donors (Lipinski definition) is 0. The Kier molecular flexibility index (Phi) is 9.25. The van der Waals surface area contributed by atoms with E-state index in [2.05, 4.69) is 5.16 Å². The van der Waals surface area contributed by atoms with Crippen LogP contribution in [0.2, 0.25) is 0 Å². The Morgan fingerprint density at radius 2 is 1.81 bits per heavy atom. The van der Waals surface area contributed by atoms with Crippen LogP contribution >= 0.6 is 11.3 Å². The van der Waals surface area contributed by atoms with Crippen LogP contribution in [-0.2, 0) is 35.6 Å². The smallest absolute Gasteiger partial charge is 0.337 e. The SMILES string of the molecule is COCCOCN(c1noc(C)c1C)S(=O)(=O)c1sc(C)cc1-c1ccc(C(=O)OC)cc1COC. The van der Waals surface area contributed by atoms with Crippen molar-refractivity contribution >= 4 is 33.1 Å². The zero-order valence-corrected chi connectivity index (χ0v) is 22.7. The van der Waals surface area contributed by atoms with Crippen molar-refractivity contribution < 1.29 is 36.7 Å². The fourth-order valence-electron chi connectivity index (χ4n) is 3.52. The number of anilines is 1. The third-order valence-electron chi connectivity index (χ3n) is 5.47. The van der Waals surface area contributed by atoms with Crippen LogP contribution in [0.15, 0.2) is 33.0 Å². The first kappa shape index (κ1) is 27.8. The molecule has 0 aliphatic heterocycles. The molecular formula is C24H30N2O8S2. The largest absolute Gasteiger partial charge is 0.465 e. The molecule has 0 bridgehead atoms. The average molecular weight is 539 g/mol. The standard InChI is InChI=1S/C24H30N2O8S2/c1-15-11-21(20-8-7-18(23(27)32-6)12-19(20)13-31-5)24(35-15)36(28,29)26(14-33-10-9-30-4)22-16(2)17(3)34-25-22/h7-8,11-12H,9-10,13-14H2,1-6H3. The highest BCUT2D eigenvalue weighted by Crippen LogP contribution is 2.40. The van der Waals surface area contributed by atoms with Gasteiger partial charge in [-0.15, -0.1) is 11.3 Å². The second-order valence-corrected chi connectivity index (χ2v) is 11.2. The van der Waals surface area contributed by atoms with Crippen LogP contribution in [0.25, 0.3) is 11.1 Å². The highest BCUT2D eigenvalue weighted by atomic mass is 32.2.